The Hall–Kier alpha value is -1.90. The number of benzene rings is 1. The molecule has 4 nitrogen and oxygen atoms in total. The van der Waals surface area contributed by atoms with Crippen LogP contribution in [-0.2, 0) is 11.3 Å². The fourth-order valence-corrected chi connectivity index (χ4v) is 2.52. The second-order valence-electron chi connectivity index (χ2n) is 5.26. The highest BCUT2D eigenvalue weighted by atomic mass is 19.1. The molecule has 21 heavy (non-hydrogen) atoms. The number of piperidine rings is 1. The largest absolute Gasteiger partial charge is 0.369 e. The van der Waals surface area contributed by atoms with E-state index in [4.69, 9.17) is 11.5 Å². The van der Waals surface area contributed by atoms with Crippen molar-refractivity contribution in [3.05, 3.63) is 35.1 Å². The van der Waals surface area contributed by atoms with Crippen LogP contribution in [0.25, 0.3) is 0 Å². The van der Waals surface area contributed by atoms with Crippen molar-refractivity contribution in [2.75, 3.05) is 19.6 Å². The molecule has 1 amide bonds. The summed E-state index contributed by atoms with van der Waals surface area (Å²) in [6, 6.07) is 5.00. The highest BCUT2D eigenvalue weighted by Gasteiger charge is 2.23. The van der Waals surface area contributed by atoms with Crippen molar-refractivity contribution in [2.24, 2.45) is 17.4 Å². The molecular weight excluding hydrogens is 269 g/mol. The Morgan fingerprint density at radius 3 is 2.67 bits per heavy atom. The van der Waals surface area contributed by atoms with E-state index >= 15 is 0 Å². The molecule has 1 fully saturated rings. The van der Waals surface area contributed by atoms with Crippen molar-refractivity contribution in [3.8, 4) is 11.8 Å². The topological polar surface area (TPSA) is 72.3 Å². The van der Waals surface area contributed by atoms with Gasteiger partial charge in [0.25, 0.3) is 0 Å². The van der Waals surface area contributed by atoms with E-state index in [2.05, 4.69) is 16.7 Å². The van der Waals surface area contributed by atoms with Crippen LogP contribution >= 0.6 is 0 Å². The van der Waals surface area contributed by atoms with Crippen molar-refractivity contribution in [1.29, 1.82) is 0 Å². The number of hydrogen-bond acceptors (Lipinski definition) is 3. The smallest absolute Gasteiger partial charge is 0.220 e. The summed E-state index contributed by atoms with van der Waals surface area (Å²) in [7, 11) is 0. The maximum absolute atomic E-state index is 14.0. The SMILES string of the molecule is NCC#Cc1ccc(CN2CCC(C(N)=O)CC2)c(F)c1. The van der Waals surface area contributed by atoms with Crippen molar-refractivity contribution in [2.45, 2.75) is 19.4 Å². The molecule has 1 aromatic rings. The highest BCUT2D eigenvalue weighted by Crippen LogP contribution is 2.20. The molecule has 1 aromatic carbocycles. The molecular formula is C16H20FN3O. The molecule has 112 valence electrons. The number of carbonyl (C=O) groups excluding carboxylic acids is 1. The van der Waals surface area contributed by atoms with E-state index in [1.54, 1.807) is 12.1 Å². The minimum absolute atomic E-state index is 0.0417. The average molecular weight is 289 g/mol. The number of halogens is 1. The molecule has 1 aliphatic rings. The van der Waals surface area contributed by atoms with Crippen LogP contribution in [0.3, 0.4) is 0 Å². The normalized spacial score (nSPS) is 16.3. The Bertz CT molecular complexity index is 569. The number of rotatable bonds is 3. The Kier molecular flexibility index (Phi) is 5.32. The van der Waals surface area contributed by atoms with Gasteiger partial charge in [0.2, 0.25) is 5.91 Å². The lowest BCUT2D eigenvalue weighted by molar-refractivity contribution is -0.123. The van der Waals surface area contributed by atoms with Crippen LogP contribution in [0.4, 0.5) is 4.39 Å². The quantitative estimate of drug-likeness (QED) is 0.810. The van der Waals surface area contributed by atoms with Gasteiger partial charge in [0.15, 0.2) is 0 Å². The molecule has 1 heterocycles. The number of carbonyl (C=O) groups is 1. The molecule has 0 unspecified atom stereocenters. The van der Waals surface area contributed by atoms with E-state index in [9.17, 15) is 9.18 Å². The number of hydrogen-bond donors (Lipinski definition) is 2. The summed E-state index contributed by atoms with van der Waals surface area (Å²) >= 11 is 0. The third-order valence-corrected chi connectivity index (χ3v) is 3.77. The van der Waals surface area contributed by atoms with Crippen LogP contribution in [0.2, 0.25) is 0 Å². The van der Waals surface area contributed by atoms with Crippen LogP contribution in [0.1, 0.15) is 24.0 Å². The van der Waals surface area contributed by atoms with Crippen LogP contribution < -0.4 is 11.5 Å². The number of nitrogens with two attached hydrogens (primary N) is 2. The van der Waals surface area contributed by atoms with Gasteiger partial charge in [0.1, 0.15) is 5.82 Å². The van der Waals surface area contributed by atoms with Crippen LogP contribution in [0.5, 0.6) is 0 Å². The first-order valence-corrected chi connectivity index (χ1v) is 7.09. The first kappa shape index (κ1) is 15.5. The third kappa shape index (κ3) is 4.28. The second-order valence-corrected chi connectivity index (χ2v) is 5.26. The second kappa shape index (κ2) is 7.21. The van der Waals surface area contributed by atoms with Crippen LogP contribution in [-0.4, -0.2) is 30.4 Å². The summed E-state index contributed by atoms with van der Waals surface area (Å²) in [6.07, 6.45) is 1.49. The molecule has 0 saturated carbocycles. The van der Waals surface area contributed by atoms with Crippen LogP contribution in [0, 0.1) is 23.6 Å². The van der Waals surface area contributed by atoms with Crippen molar-refractivity contribution in [3.63, 3.8) is 0 Å². The molecule has 0 aromatic heterocycles. The van der Waals surface area contributed by atoms with Gasteiger partial charge >= 0.3 is 0 Å². The van der Waals surface area contributed by atoms with E-state index in [1.807, 2.05) is 0 Å². The van der Waals surface area contributed by atoms with E-state index in [1.165, 1.54) is 6.07 Å². The summed E-state index contributed by atoms with van der Waals surface area (Å²) in [4.78, 5) is 13.3. The summed E-state index contributed by atoms with van der Waals surface area (Å²) in [5.74, 6) is 4.99. The minimum Gasteiger partial charge on any atom is -0.369 e. The van der Waals surface area contributed by atoms with E-state index in [0.717, 1.165) is 25.9 Å². The molecule has 0 atom stereocenters. The molecule has 1 saturated heterocycles. The Balaban J connectivity index is 1.96. The highest BCUT2D eigenvalue weighted by molar-refractivity contribution is 5.76. The average Bonchev–Trinajstić information content (AvgIpc) is 2.48. The third-order valence-electron chi connectivity index (χ3n) is 3.77. The first-order chi connectivity index (χ1) is 10.1. The lowest BCUT2D eigenvalue weighted by Gasteiger charge is -2.30. The van der Waals surface area contributed by atoms with Gasteiger partial charge < -0.3 is 11.5 Å². The maximum atomic E-state index is 14.0. The lowest BCUT2D eigenvalue weighted by Crippen LogP contribution is -2.38. The van der Waals surface area contributed by atoms with Gasteiger partial charge in [-0.1, -0.05) is 17.9 Å². The number of nitrogens with zero attached hydrogens (tertiary/aromatic N) is 1. The summed E-state index contributed by atoms with van der Waals surface area (Å²) in [5, 5.41) is 0. The van der Waals surface area contributed by atoms with Crippen molar-refractivity contribution < 1.29 is 9.18 Å². The zero-order chi connectivity index (χ0) is 15.2. The molecule has 0 bridgehead atoms. The Morgan fingerprint density at radius 2 is 2.10 bits per heavy atom. The van der Waals surface area contributed by atoms with Crippen LogP contribution in [0.15, 0.2) is 18.2 Å². The zero-order valence-electron chi connectivity index (χ0n) is 11.9. The van der Waals surface area contributed by atoms with Crippen molar-refractivity contribution >= 4 is 5.91 Å². The Labute approximate surface area is 124 Å². The summed E-state index contributed by atoms with van der Waals surface area (Å²) < 4.78 is 14.0. The fourth-order valence-electron chi connectivity index (χ4n) is 2.52. The maximum Gasteiger partial charge on any atom is 0.220 e. The van der Waals surface area contributed by atoms with Crippen molar-refractivity contribution in [1.82, 2.24) is 4.90 Å². The lowest BCUT2D eigenvalue weighted by atomic mass is 9.96. The molecule has 1 aliphatic heterocycles. The van der Waals surface area contributed by atoms with E-state index in [-0.39, 0.29) is 24.2 Å². The molecule has 5 heteroatoms. The molecule has 0 radical (unpaired) electrons. The molecule has 4 N–H and O–H groups in total. The zero-order valence-corrected chi connectivity index (χ0v) is 11.9. The van der Waals surface area contributed by atoms with Gasteiger partial charge in [-0.05, 0) is 38.1 Å². The standard InChI is InChI=1S/C16H20FN3O/c17-15-10-12(2-1-7-18)3-4-14(15)11-20-8-5-13(6-9-20)16(19)21/h3-4,10,13H,5-9,11,18H2,(H2,19,21). The van der Waals surface area contributed by atoms with Gasteiger partial charge in [0, 0.05) is 23.6 Å². The Morgan fingerprint density at radius 1 is 1.38 bits per heavy atom. The number of likely N-dealkylation sites (tertiary alicyclic amines) is 1. The summed E-state index contributed by atoms with van der Waals surface area (Å²) in [5.41, 5.74) is 11.9. The monoisotopic (exact) mass is 289 g/mol. The number of primary amides is 1. The minimum atomic E-state index is -0.254. The first-order valence-electron chi connectivity index (χ1n) is 7.09. The van der Waals surface area contributed by atoms with E-state index in [0.29, 0.717) is 17.7 Å². The summed E-state index contributed by atoms with van der Waals surface area (Å²) in [6.45, 7) is 2.34. The van der Waals surface area contributed by atoms with Gasteiger partial charge in [0.05, 0.1) is 6.54 Å². The molecule has 0 aliphatic carbocycles. The van der Waals surface area contributed by atoms with Gasteiger partial charge in [-0.2, -0.15) is 0 Å². The van der Waals surface area contributed by atoms with Gasteiger partial charge in [-0.25, -0.2) is 4.39 Å². The molecule has 0 spiro atoms. The number of amides is 1. The van der Waals surface area contributed by atoms with E-state index < -0.39 is 0 Å². The molecule has 2 rings (SSSR count). The predicted octanol–water partition coefficient (Wildman–Crippen LogP) is 0.833. The predicted molar refractivity (Wildman–Crippen MR) is 79.5 cm³/mol. The van der Waals surface area contributed by atoms with Gasteiger partial charge in [-0.3, -0.25) is 9.69 Å². The fraction of sp³-hybridized carbons (Fsp3) is 0.438. The van der Waals surface area contributed by atoms with Gasteiger partial charge in [-0.15, -0.1) is 0 Å².